The van der Waals surface area contributed by atoms with Crippen LogP contribution in [0, 0.1) is 13.8 Å². The first-order chi connectivity index (χ1) is 10.5. The zero-order chi connectivity index (χ0) is 16.0. The number of furan rings is 1. The van der Waals surface area contributed by atoms with Gasteiger partial charge in [0.2, 0.25) is 0 Å². The van der Waals surface area contributed by atoms with Crippen LogP contribution in [-0.4, -0.2) is 18.8 Å². The summed E-state index contributed by atoms with van der Waals surface area (Å²) in [7, 11) is 4.88. The number of rotatable bonds is 3. The molecular formula is C17H19NO4. The summed E-state index contributed by atoms with van der Waals surface area (Å²) in [4.78, 5) is 12.3. The van der Waals surface area contributed by atoms with Gasteiger partial charge in [0.25, 0.3) is 5.56 Å². The monoisotopic (exact) mass is 301 g/mol. The Morgan fingerprint density at radius 1 is 1.09 bits per heavy atom. The summed E-state index contributed by atoms with van der Waals surface area (Å²) in [5.74, 6) is 0.818. The number of benzene rings is 1. The van der Waals surface area contributed by atoms with Gasteiger partial charge in [-0.05, 0) is 31.5 Å². The quantitative estimate of drug-likeness (QED) is 0.697. The van der Waals surface area contributed by atoms with Crippen molar-refractivity contribution in [1.82, 2.24) is 4.57 Å². The molecule has 22 heavy (non-hydrogen) atoms. The van der Waals surface area contributed by atoms with Gasteiger partial charge in [-0.3, -0.25) is 4.79 Å². The second kappa shape index (κ2) is 5.26. The molecule has 5 heteroatoms. The minimum Gasteiger partial charge on any atom is -0.461 e. The molecule has 3 aromatic rings. The van der Waals surface area contributed by atoms with Crippen molar-refractivity contribution in [2.45, 2.75) is 20.1 Å². The van der Waals surface area contributed by atoms with Crippen LogP contribution in [0.4, 0.5) is 0 Å². The van der Waals surface area contributed by atoms with E-state index in [2.05, 4.69) is 0 Å². The molecule has 0 aliphatic rings. The Kier molecular flexibility index (Phi) is 3.54. The van der Waals surface area contributed by atoms with Crippen molar-refractivity contribution >= 4 is 21.9 Å². The smallest absolute Gasteiger partial charge is 0.251 e. The molecular weight excluding hydrogens is 282 g/mol. The van der Waals surface area contributed by atoms with Gasteiger partial charge in [-0.1, -0.05) is 0 Å². The highest BCUT2D eigenvalue weighted by atomic mass is 16.7. The molecule has 0 aliphatic heterocycles. The molecule has 0 unspecified atom stereocenters. The molecule has 0 aliphatic carbocycles. The fourth-order valence-corrected chi connectivity index (χ4v) is 3.02. The molecule has 116 valence electrons. The van der Waals surface area contributed by atoms with E-state index >= 15 is 0 Å². The molecule has 0 spiro atoms. The van der Waals surface area contributed by atoms with E-state index in [1.807, 2.05) is 26.0 Å². The van der Waals surface area contributed by atoms with Crippen LogP contribution < -0.4 is 5.56 Å². The fraction of sp³-hybridized carbons (Fsp3) is 0.353. The lowest BCUT2D eigenvalue weighted by atomic mass is 10.0. The summed E-state index contributed by atoms with van der Waals surface area (Å²) >= 11 is 0. The van der Waals surface area contributed by atoms with Crippen molar-refractivity contribution in [2.75, 3.05) is 14.2 Å². The average Bonchev–Trinajstić information content (AvgIpc) is 2.87. The first-order valence-electron chi connectivity index (χ1n) is 7.07. The molecule has 2 aromatic heterocycles. The van der Waals surface area contributed by atoms with Crippen LogP contribution in [0.2, 0.25) is 0 Å². The largest absolute Gasteiger partial charge is 0.461 e. The van der Waals surface area contributed by atoms with Crippen LogP contribution in [0.5, 0.6) is 0 Å². The van der Waals surface area contributed by atoms with Gasteiger partial charge < -0.3 is 18.5 Å². The van der Waals surface area contributed by atoms with E-state index in [1.165, 1.54) is 0 Å². The summed E-state index contributed by atoms with van der Waals surface area (Å²) < 4.78 is 18.1. The van der Waals surface area contributed by atoms with E-state index < -0.39 is 6.29 Å². The number of aromatic nitrogens is 1. The Balaban J connectivity index is 2.55. The maximum atomic E-state index is 12.3. The third kappa shape index (κ3) is 2.05. The Labute approximate surface area is 128 Å². The molecule has 0 saturated carbocycles. The van der Waals surface area contributed by atoms with Gasteiger partial charge in [-0.25, -0.2) is 0 Å². The number of hydrogen-bond acceptors (Lipinski definition) is 4. The maximum absolute atomic E-state index is 12.3. The summed E-state index contributed by atoms with van der Waals surface area (Å²) in [6, 6.07) is 5.54. The number of aryl methyl sites for hydroxylation is 3. The Morgan fingerprint density at radius 2 is 1.77 bits per heavy atom. The van der Waals surface area contributed by atoms with Crippen molar-refractivity contribution in [3.05, 3.63) is 45.4 Å². The standard InChI is InChI=1S/C17H19NO4/c1-9-6-11-12(17(20-4)21-5)8-14(19)18(3)15(11)13-7-10(2)22-16(9)13/h6-8,17H,1-5H3. The van der Waals surface area contributed by atoms with Crippen LogP contribution in [-0.2, 0) is 16.5 Å². The topological polar surface area (TPSA) is 53.6 Å². The number of fused-ring (bicyclic) bond motifs is 3. The van der Waals surface area contributed by atoms with E-state index in [0.717, 1.165) is 38.8 Å². The van der Waals surface area contributed by atoms with Crippen LogP contribution in [0.15, 0.2) is 27.4 Å². The van der Waals surface area contributed by atoms with Crippen LogP contribution in [0.25, 0.3) is 21.9 Å². The predicted octanol–water partition coefficient (Wildman–Crippen LogP) is 3.19. The van der Waals surface area contributed by atoms with Gasteiger partial charge in [0.05, 0.1) is 5.52 Å². The van der Waals surface area contributed by atoms with Crippen LogP contribution in [0.3, 0.4) is 0 Å². The third-order valence-corrected chi connectivity index (χ3v) is 4.02. The summed E-state index contributed by atoms with van der Waals surface area (Å²) in [5, 5.41) is 1.86. The Hall–Kier alpha value is -2.11. The van der Waals surface area contributed by atoms with Crippen LogP contribution in [0.1, 0.15) is 23.2 Å². The van der Waals surface area contributed by atoms with Crippen molar-refractivity contribution in [2.24, 2.45) is 7.05 Å². The van der Waals surface area contributed by atoms with Gasteiger partial charge in [-0.2, -0.15) is 0 Å². The van der Waals surface area contributed by atoms with E-state index in [9.17, 15) is 4.79 Å². The minimum atomic E-state index is -0.582. The van der Waals surface area contributed by atoms with E-state index in [0.29, 0.717) is 0 Å². The first kappa shape index (κ1) is 14.8. The van der Waals surface area contributed by atoms with E-state index in [4.69, 9.17) is 13.9 Å². The average molecular weight is 301 g/mol. The number of nitrogens with zero attached hydrogens (tertiary/aromatic N) is 1. The summed E-state index contributed by atoms with van der Waals surface area (Å²) in [5.41, 5.74) is 3.28. The minimum absolute atomic E-state index is 0.106. The second-order valence-electron chi connectivity index (χ2n) is 5.49. The molecule has 5 nitrogen and oxygen atoms in total. The molecule has 0 bridgehead atoms. The van der Waals surface area contributed by atoms with Gasteiger partial charge in [-0.15, -0.1) is 0 Å². The molecule has 0 saturated heterocycles. The molecule has 0 fully saturated rings. The molecule has 0 atom stereocenters. The molecule has 0 radical (unpaired) electrons. The first-order valence-corrected chi connectivity index (χ1v) is 7.07. The highest BCUT2D eigenvalue weighted by Crippen LogP contribution is 2.34. The van der Waals surface area contributed by atoms with Crippen molar-refractivity contribution in [3.63, 3.8) is 0 Å². The number of methoxy groups -OCH3 is 2. The lowest BCUT2D eigenvalue weighted by Gasteiger charge is -2.18. The number of ether oxygens (including phenoxy) is 2. The molecule has 3 rings (SSSR count). The zero-order valence-corrected chi connectivity index (χ0v) is 13.4. The summed E-state index contributed by atoms with van der Waals surface area (Å²) in [6.45, 7) is 3.90. The normalized spacial score (nSPS) is 11.9. The molecule has 0 amide bonds. The summed E-state index contributed by atoms with van der Waals surface area (Å²) in [6.07, 6.45) is -0.582. The lowest BCUT2D eigenvalue weighted by molar-refractivity contribution is -0.105. The van der Waals surface area contributed by atoms with Crippen molar-refractivity contribution in [1.29, 1.82) is 0 Å². The van der Waals surface area contributed by atoms with E-state index in [-0.39, 0.29) is 5.56 Å². The number of pyridine rings is 1. The van der Waals surface area contributed by atoms with Gasteiger partial charge in [0, 0.05) is 43.7 Å². The van der Waals surface area contributed by atoms with Crippen LogP contribution >= 0.6 is 0 Å². The van der Waals surface area contributed by atoms with Gasteiger partial charge in [0.1, 0.15) is 11.3 Å². The predicted molar refractivity (Wildman–Crippen MR) is 85.2 cm³/mol. The molecule has 0 N–H and O–H groups in total. The molecule has 2 heterocycles. The molecule has 1 aromatic carbocycles. The SMILES string of the molecule is COC(OC)c1cc(=O)n(C)c2c1cc(C)c1oc(C)cc12. The van der Waals surface area contributed by atoms with Crippen molar-refractivity contribution in [3.8, 4) is 0 Å². The zero-order valence-electron chi connectivity index (χ0n) is 13.4. The van der Waals surface area contributed by atoms with Gasteiger partial charge >= 0.3 is 0 Å². The Bertz CT molecular complexity index is 916. The third-order valence-electron chi connectivity index (χ3n) is 4.02. The maximum Gasteiger partial charge on any atom is 0.251 e. The highest BCUT2D eigenvalue weighted by molar-refractivity contribution is 6.06. The second-order valence-corrected chi connectivity index (χ2v) is 5.49. The fourth-order valence-electron chi connectivity index (χ4n) is 3.02. The van der Waals surface area contributed by atoms with E-state index in [1.54, 1.807) is 31.9 Å². The Morgan fingerprint density at radius 3 is 2.41 bits per heavy atom. The lowest BCUT2D eigenvalue weighted by Crippen LogP contribution is -2.19. The number of hydrogen-bond donors (Lipinski definition) is 0. The van der Waals surface area contributed by atoms with Crippen molar-refractivity contribution < 1.29 is 13.9 Å². The highest BCUT2D eigenvalue weighted by Gasteiger charge is 2.19. The van der Waals surface area contributed by atoms with Gasteiger partial charge in [0.15, 0.2) is 6.29 Å².